The van der Waals surface area contributed by atoms with E-state index in [-0.39, 0.29) is 18.3 Å². The lowest BCUT2D eigenvalue weighted by molar-refractivity contribution is 0.00578. The normalized spacial score (nSPS) is 25.9. The molecule has 0 amide bonds. The second-order valence-corrected chi connectivity index (χ2v) is 9.64. The Morgan fingerprint density at radius 2 is 1.46 bits per heavy atom. The predicted octanol–water partition coefficient (Wildman–Crippen LogP) is 4.98. The van der Waals surface area contributed by atoms with E-state index >= 15 is 0 Å². The highest BCUT2D eigenvalue weighted by atomic mass is 16.7. The maximum Gasteiger partial charge on any atom is 0.495 e. The Morgan fingerprint density at radius 3 is 1.96 bits per heavy atom. The molecule has 1 aliphatic heterocycles. The number of benzene rings is 1. The summed E-state index contributed by atoms with van der Waals surface area (Å²) in [5.74, 6) is 0.712. The van der Waals surface area contributed by atoms with Crippen molar-refractivity contribution in [1.29, 1.82) is 0 Å². The molecule has 0 spiro atoms. The molecule has 1 aliphatic carbocycles. The summed E-state index contributed by atoms with van der Waals surface area (Å²) in [7, 11) is -0.255. The van der Waals surface area contributed by atoms with Crippen LogP contribution in [0.4, 0.5) is 0 Å². The number of rotatable bonds is 2. The van der Waals surface area contributed by atoms with Gasteiger partial charge in [0.2, 0.25) is 0 Å². The lowest BCUT2D eigenvalue weighted by Crippen LogP contribution is -2.41. The van der Waals surface area contributed by atoms with E-state index in [0.29, 0.717) is 11.3 Å². The first-order chi connectivity index (χ1) is 11.0. The third kappa shape index (κ3) is 3.30. The van der Waals surface area contributed by atoms with Gasteiger partial charge in [-0.25, -0.2) is 0 Å². The van der Waals surface area contributed by atoms with Crippen LogP contribution in [0.2, 0.25) is 0 Å². The predicted molar refractivity (Wildman–Crippen MR) is 102 cm³/mol. The van der Waals surface area contributed by atoms with Gasteiger partial charge in [-0.05, 0) is 82.7 Å². The van der Waals surface area contributed by atoms with Crippen molar-refractivity contribution in [1.82, 2.24) is 0 Å². The van der Waals surface area contributed by atoms with Crippen LogP contribution in [0.1, 0.15) is 84.3 Å². The topological polar surface area (TPSA) is 18.5 Å². The zero-order valence-electron chi connectivity index (χ0n) is 16.5. The van der Waals surface area contributed by atoms with Crippen LogP contribution in [0.25, 0.3) is 0 Å². The lowest BCUT2D eigenvalue weighted by Gasteiger charge is -2.34. The molecule has 0 aromatic heterocycles. The summed E-state index contributed by atoms with van der Waals surface area (Å²) in [6.45, 7) is 15.4. The highest BCUT2D eigenvalue weighted by molar-refractivity contribution is 6.62. The van der Waals surface area contributed by atoms with Gasteiger partial charge in [0.25, 0.3) is 0 Å². The summed E-state index contributed by atoms with van der Waals surface area (Å²) < 4.78 is 12.4. The van der Waals surface area contributed by atoms with Crippen molar-refractivity contribution in [3.8, 4) is 0 Å². The molecule has 24 heavy (non-hydrogen) atoms. The fraction of sp³-hybridized carbons (Fsp3) is 0.714. The molecule has 2 nitrogen and oxygen atoms in total. The van der Waals surface area contributed by atoms with Gasteiger partial charge >= 0.3 is 7.12 Å². The molecule has 3 rings (SSSR count). The SMILES string of the molecule is Cc1cc(C2CCC(C)(C)CC2)ccc1B1OC(C)(C)C(C)(C)O1. The van der Waals surface area contributed by atoms with Gasteiger partial charge in [0, 0.05) is 0 Å². The number of hydrogen-bond acceptors (Lipinski definition) is 2. The van der Waals surface area contributed by atoms with Crippen LogP contribution in [0.15, 0.2) is 18.2 Å². The highest BCUT2D eigenvalue weighted by Crippen LogP contribution is 2.42. The minimum absolute atomic E-state index is 0.255. The van der Waals surface area contributed by atoms with Crippen LogP contribution in [0, 0.1) is 12.3 Å². The Kier molecular flexibility index (Phi) is 4.41. The third-order valence-corrected chi connectivity index (χ3v) is 6.61. The van der Waals surface area contributed by atoms with Gasteiger partial charge in [-0.15, -0.1) is 0 Å². The Hall–Kier alpha value is -0.795. The fourth-order valence-corrected chi connectivity index (χ4v) is 3.92. The minimum atomic E-state index is -0.280. The van der Waals surface area contributed by atoms with Gasteiger partial charge in [-0.3, -0.25) is 0 Å². The fourth-order valence-electron chi connectivity index (χ4n) is 3.92. The van der Waals surface area contributed by atoms with E-state index in [2.05, 4.69) is 66.7 Å². The molecule has 3 heteroatoms. The smallest absolute Gasteiger partial charge is 0.399 e. The average Bonchev–Trinajstić information content (AvgIpc) is 2.67. The Bertz CT molecular complexity index is 592. The zero-order chi connectivity index (χ0) is 17.8. The molecule has 2 fully saturated rings. The van der Waals surface area contributed by atoms with E-state index < -0.39 is 0 Å². The summed E-state index contributed by atoms with van der Waals surface area (Å²) in [6.07, 6.45) is 5.27. The Labute approximate surface area is 148 Å². The van der Waals surface area contributed by atoms with Crippen molar-refractivity contribution in [3.05, 3.63) is 29.3 Å². The number of hydrogen-bond donors (Lipinski definition) is 0. The standard InChI is InChI=1S/C21H33BO2/c1-15-14-17(16-10-12-19(2,3)13-11-16)8-9-18(15)22-23-20(4,5)21(6,7)24-22/h8-9,14,16H,10-13H2,1-7H3. The molecule has 2 aliphatic rings. The Balaban J connectivity index is 1.77. The molecule has 0 N–H and O–H groups in total. The molecule has 1 heterocycles. The first-order valence-electron chi connectivity index (χ1n) is 9.47. The van der Waals surface area contributed by atoms with E-state index in [1.165, 1.54) is 42.3 Å². The van der Waals surface area contributed by atoms with Crippen LogP contribution in [0.5, 0.6) is 0 Å². The van der Waals surface area contributed by atoms with Crippen LogP contribution in [-0.4, -0.2) is 18.3 Å². The first kappa shape index (κ1) is 18.0. The Morgan fingerprint density at radius 1 is 0.917 bits per heavy atom. The largest absolute Gasteiger partial charge is 0.495 e. The highest BCUT2D eigenvalue weighted by Gasteiger charge is 2.52. The van der Waals surface area contributed by atoms with Gasteiger partial charge in [-0.2, -0.15) is 0 Å². The van der Waals surface area contributed by atoms with Gasteiger partial charge in [0.15, 0.2) is 0 Å². The van der Waals surface area contributed by atoms with Gasteiger partial charge < -0.3 is 9.31 Å². The minimum Gasteiger partial charge on any atom is -0.399 e. The third-order valence-electron chi connectivity index (χ3n) is 6.61. The van der Waals surface area contributed by atoms with Crippen LogP contribution < -0.4 is 5.46 Å². The van der Waals surface area contributed by atoms with E-state index in [4.69, 9.17) is 9.31 Å². The van der Waals surface area contributed by atoms with Crippen molar-refractivity contribution < 1.29 is 9.31 Å². The summed E-state index contributed by atoms with van der Waals surface area (Å²) in [4.78, 5) is 0. The maximum absolute atomic E-state index is 6.22. The van der Waals surface area contributed by atoms with Crippen molar-refractivity contribution in [2.75, 3.05) is 0 Å². The van der Waals surface area contributed by atoms with Gasteiger partial charge in [0.05, 0.1) is 11.2 Å². The monoisotopic (exact) mass is 328 g/mol. The van der Waals surface area contributed by atoms with E-state index in [1.54, 1.807) is 0 Å². The summed E-state index contributed by atoms with van der Waals surface area (Å²) in [5.41, 5.74) is 3.91. The van der Waals surface area contributed by atoms with E-state index in [9.17, 15) is 0 Å². The quantitative estimate of drug-likeness (QED) is 0.713. The molecule has 1 saturated heterocycles. The van der Waals surface area contributed by atoms with Crippen LogP contribution in [0.3, 0.4) is 0 Å². The van der Waals surface area contributed by atoms with E-state index in [0.717, 1.165) is 0 Å². The van der Waals surface area contributed by atoms with Crippen molar-refractivity contribution in [3.63, 3.8) is 0 Å². The second kappa shape index (κ2) is 5.88. The molecule has 0 radical (unpaired) electrons. The molecule has 1 aromatic rings. The first-order valence-corrected chi connectivity index (χ1v) is 9.47. The molecule has 0 unspecified atom stereocenters. The average molecular weight is 328 g/mol. The van der Waals surface area contributed by atoms with E-state index in [1.807, 2.05) is 0 Å². The molecule has 132 valence electrons. The van der Waals surface area contributed by atoms with Gasteiger partial charge in [-0.1, -0.05) is 37.6 Å². The second-order valence-electron chi connectivity index (χ2n) is 9.64. The zero-order valence-corrected chi connectivity index (χ0v) is 16.5. The lowest BCUT2D eigenvalue weighted by atomic mass is 9.70. The molecular weight excluding hydrogens is 295 g/mol. The summed E-state index contributed by atoms with van der Waals surface area (Å²) in [6, 6.07) is 6.90. The maximum atomic E-state index is 6.22. The molecule has 0 atom stereocenters. The summed E-state index contributed by atoms with van der Waals surface area (Å²) >= 11 is 0. The van der Waals surface area contributed by atoms with Crippen LogP contribution >= 0.6 is 0 Å². The molecular formula is C21H33BO2. The number of aryl methyl sites for hydroxylation is 1. The van der Waals surface area contributed by atoms with Crippen molar-refractivity contribution >= 4 is 12.6 Å². The van der Waals surface area contributed by atoms with Gasteiger partial charge in [0.1, 0.15) is 0 Å². The molecule has 0 bridgehead atoms. The van der Waals surface area contributed by atoms with Crippen LogP contribution in [-0.2, 0) is 9.31 Å². The molecule has 1 saturated carbocycles. The summed E-state index contributed by atoms with van der Waals surface area (Å²) in [5, 5.41) is 0. The molecule has 1 aromatic carbocycles. The van der Waals surface area contributed by atoms with Crippen molar-refractivity contribution in [2.24, 2.45) is 5.41 Å². The van der Waals surface area contributed by atoms with Crippen molar-refractivity contribution in [2.45, 2.75) is 91.3 Å².